The van der Waals surface area contributed by atoms with Crippen LogP contribution < -0.4 is 5.32 Å². The number of benzene rings is 2. The first kappa shape index (κ1) is 16.2. The van der Waals surface area contributed by atoms with Gasteiger partial charge in [-0.25, -0.2) is 4.68 Å². The van der Waals surface area contributed by atoms with Gasteiger partial charge in [0.2, 0.25) is 0 Å². The number of alkyl halides is 3. The molecule has 1 aromatic heterocycles. The van der Waals surface area contributed by atoms with Gasteiger partial charge in [-0.3, -0.25) is 0 Å². The molecule has 2 N–H and O–H groups in total. The van der Waals surface area contributed by atoms with Gasteiger partial charge in [-0.05, 0) is 42.5 Å². The second-order valence-corrected chi connectivity index (χ2v) is 5.39. The Balaban J connectivity index is 1.86. The van der Waals surface area contributed by atoms with E-state index in [4.69, 9.17) is 11.6 Å². The molecule has 8 heteroatoms. The summed E-state index contributed by atoms with van der Waals surface area (Å²) in [6.07, 6.45) is -2.82. The van der Waals surface area contributed by atoms with Crippen molar-refractivity contribution in [3.8, 4) is 11.4 Å². The largest absolute Gasteiger partial charge is 0.508 e. The molecule has 0 atom stereocenters. The van der Waals surface area contributed by atoms with E-state index in [0.717, 1.165) is 12.1 Å². The van der Waals surface area contributed by atoms with Crippen LogP contribution in [0.3, 0.4) is 0 Å². The van der Waals surface area contributed by atoms with Crippen molar-refractivity contribution >= 4 is 23.1 Å². The third-order valence-electron chi connectivity index (χ3n) is 3.26. The summed E-state index contributed by atoms with van der Waals surface area (Å²) in [4.78, 5) is 0. The fourth-order valence-electron chi connectivity index (χ4n) is 2.08. The lowest BCUT2D eigenvalue weighted by Gasteiger charge is -2.11. The maximum atomic E-state index is 12.8. The van der Waals surface area contributed by atoms with E-state index in [-0.39, 0.29) is 16.5 Å². The van der Waals surface area contributed by atoms with Gasteiger partial charge in [0, 0.05) is 12.3 Å². The second-order valence-electron chi connectivity index (χ2n) is 4.98. The number of nitrogens with one attached hydrogen (secondary N) is 1. The van der Waals surface area contributed by atoms with Crippen LogP contribution in [-0.2, 0) is 6.18 Å². The molecular formula is C16H11ClF3N3O. The Labute approximate surface area is 140 Å². The minimum Gasteiger partial charge on any atom is -0.508 e. The van der Waals surface area contributed by atoms with Crippen molar-refractivity contribution in [2.45, 2.75) is 6.18 Å². The van der Waals surface area contributed by atoms with Gasteiger partial charge in [-0.15, -0.1) is 0 Å². The van der Waals surface area contributed by atoms with Gasteiger partial charge in [0.05, 0.1) is 22.0 Å². The quantitative estimate of drug-likeness (QED) is 0.697. The average molecular weight is 354 g/mol. The standard InChI is InChI=1S/C16H11ClF3N3O/c17-13-6-1-10(16(18,19)20)9-14(13)21-15-7-8-23(22-15)11-2-4-12(24)5-3-11/h1-9,24H,(H,21,22). The van der Waals surface area contributed by atoms with Gasteiger partial charge in [0.15, 0.2) is 5.82 Å². The molecule has 0 aliphatic carbocycles. The van der Waals surface area contributed by atoms with Crippen LogP contribution in [0.1, 0.15) is 5.56 Å². The van der Waals surface area contributed by atoms with Gasteiger partial charge in [0.1, 0.15) is 5.75 Å². The van der Waals surface area contributed by atoms with E-state index in [0.29, 0.717) is 11.5 Å². The smallest absolute Gasteiger partial charge is 0.416 e. The van der Waals surface area contributed by atoms with Crippen molar-refractivity contribution in [2.75, 3.05) is 5.32 Å². The highest BCUT2D eigenvalue weighted by atomic mass is 35.5. The predicted molar refractivity (Wildman–Crippen MR) is 85.0 cm³/mol. The Kier molecular flexibility index (Phi) is 4.11. The van der Waals surface area contributed by atoms with Crippen molar-refractivity contribution in [3.63, 3.8) is 0 Å². The van der Waals surface area contributed by atoms with E-state index in [1.807, 2.05) is 0 Å². The third-order valence-corrected chi connectivity index (χ3v) is 3.59. The first-order valence-corrected chi connectivity index (χ1v) is 7.19. The first-order chi connectivity index (χ1) is 11.3. The van der Waals surface area contributed by atoms with Gasteiger partial charge in [0.25, 0.3) is 0 Å². The monoisotopic (exact) mass is 353 g/mol. The summed E-state index contributed by atoms with van der Waals surface area (Å²) in [5.74, 6) is 0.462. The molecule has 0 radical (unpaired) electrons. The molecule has 0 saturated heterocycles. The van der Waals surface area contributed by atoms with Crippen molar-refractivity contribution < 1.29 is 18.3 Å². The Bertz CT molecular complexity index is 860. The first-order valence-electron chi connectivity index (χ1n) is 6.82. The molecule has 4 nitrogen and oxygen atoms in total. The van der Waals surface area contributed by atoms with Gasteiger partial charge in [-0.2, -0.15) is 18.3 Å². The molecule has 24 heavy (non-hydrogen) atoms. The molecule has 124 valence electrons. The molecule has 0 aliphatic heterocycles. The number of aromatic nitrogens is 2. The van der Waals surface area contributed by atoms with E-state index in [1.54, 1.807) is 24.4 Å². The van der Waals surface area contributed by atoms with Crippen LogP contribution in [-0.4, -0.2) is 14.9 Å². The molecule has 1 heterocycles. The van der Waals surface area contributed by atoms with Gasteiger partial charge < -0.3 is 10.4 Å². The summed E-state index contributed by atoms with van der Waals surface area (Å²) in [6, 6.07) is 11.0. The minimum absolute atomic E-state index is 0.113. The van der Waals surface area contributed by atoms with Gasteiger partial charge in [-0.1, -0.05) is 11.6 Å². The van der Waals surface area contributed by atoms with Crippen molar-refractivity contribution in [3.05, 3.63) is 65.3 Å². The molecule has 0 spiro atoms. The Morgan fingerprint density at radius 3 is 2.42 bits per heavy atom. The highest BCUT2D eigenvalue weighted by Crippen LogP contribution is 2.34. The van der Waals surface area contributed by atoms with E-state index in [1.165, 1.54) is 22.9 Å². The minimum atomic E-state index is -4.45. The summed E-state index contributed by atoms with van der Waals surface area (Å²) in [7, 11) is 0. The summed E-state index contributed by atoms with van der Waals surface area (Å²) in [6.45, 7) is 0. The highest BCUT2D eigenvalue weighted by Gasteiger charge is 2.31. The third kappa shape index (κ3) is 3.46. The number of rotatable bonds is 3. The number of hydrogen-bond acceptors (Lipinski definition) is 3. The van der Waals surface area contributed by atoms with E-state index in [9.17, 15) is 18.3 Å². The zero-order chi connectivity index (χ0) is 17.3. The van der Waals surface area contributed by atoms with Crippen LogP contribution in [0.2, 0.25) is 5.02 Å². The Morgan fingerprint density at radius 1 is 1.04 bits per heavy atom. The Hall–Kier alpha value is -2.67. The molecule has 2 aromatic carbocycles. The summed E-state index contributed by atoms with van der Waals surface area (Å²) >= 11 is 5.95. The molecule has 3 rings (SSSR count). The van der Waals surface area contributed by atoms with Crippen LogP contribution in [0, 0.1) is 0 Å². The molecule has 0 saturated carbocycles. The second kappa shape index (κ2) is 6.09. The fraction of sp³-hybridized carbons (Fsp3) is 0.0625. The lowest BCUT2D eigenvalue weighted by atomic mass is 10.2. The zero-order valence-corrected chi connectivity index (χ0v) is 12.8. The molecular weight excluding hydrogens is 343 g/mol. The molecule has 0 aliphatic rings. The van der Waals surface area contributed by atoms with E-state index >= 15 is 0 Å². The van der Waals surface area contributed by atoms with Crippen LogP contribution in [0.4, 0.5) is 24.7 Å². The highest BCUT2D eigenvalue weighted by molar-refractivity contribution is 6.33. The average Bonchev–Trinajstić information content (AvgIpc) is 2.97. The summed E-state index contributed by atoms with van der Waals surface area (Å²) in [5.41, 5.74) is 0.00537. The predicted octanol–water partition coefficient (Wildman–Crippen LogP) is 4.99. The van der Waals surface area contributed by atoms with E-state index < -0.39 is 11.7 Å². The summed E-state index contributed by atoms with van der Waals surface area (Å²) in [5, 5.41) is 16.4. The van der Waals surface area contributed by atoms with Crippen LogP contribution in [0.5, 0.6) is 5.75 Å². The molecule has 0 unspecified atom stereocenters. The maximum Gasteiger partial charge on any atom is 0.416 e. The van der Waals surface area contributed by atoms with Crippen molar-refractivity contribution in [2.24, 2.45) is 0 Å². The number of hydrogen-bond donors (Lipinski definition) is 2. The van der Waals surface area contributed by atoms with Crippen LogP contribution in [0.25, 0.3) is 5.69 Å². The molecule has 3 aromatic rings. The van der Waals surface area contributed by atoms with Crippen molar-refractivity contribution in [1.82, 2.24) is 9.78 Å². The molecule has 0 bridgehead atoms. The summed E-state index contributed by atoms with van der Waals surface area (Å²) < 4.78 is 39.9. The van der Waals surface area contributed by atoms with Gasteiger partial charge >= 0.3 is 6.18 Å². The Morgan fingerprint density at radius 2 is 1.75 bits per heavy atom. The van der Waals surface area contributed by atoms with E-state index in [2.05, 4.69) is 10.4 Å². The number of phenolic OH excluding ortho intramolecular Hbond substituents is 1. The number of halogens is 4. The normalized spacial score (nSPS) is 11.5. The number of aromatic hydroxyl groups is 1. The topological polar surface area (TPSA) is 50.1 Å². The lowest BCUT2D eigenvalue weighted by Crippen LogP contribution is -2.05. The molecule has 0 fully saturated rings. The van der Waals surface area contributed by atoms with Crippen LogP contribution in [0.15, 0.2) is 54.7 Å². The number of anilines is 2. The molecule has 0 amide bonds. The number of nitrogens with zero attached hydrogens (tertiary/aromatic N) is 2. The number of phenols is 1. The van der Waals surface area contributed by atoms with Crippen molar-refractivity contribution in [1.29, 1.82) is 0 Å². The zero-order valence-electron chi connectivity index (χ0n) is 12.0. The van der Waals surface area contributed by atoms with Crippen LogP contribution >= 0.6 is 11.6 Å². The maximum absolute atomic E-state index is 12.8. The fourth-order valence-corrected chi connectivity index (χ4v) is 2.24. The SMILES string of the molecule is Oc1ccc(-n2ccc(Nc3cc(C(F)(F)F)ccc3Cl)n2)cc1. The lowest BCUT2D eigenvalue weighted by molar-refractivity contribution is -0.137.